The molecule has 102 valence electrons. The molecule has 0 aliphatic rings. The fourth-order valence-corrected chi connectivity index (χ4v) is 1.46. The summed E-state index contributed by atoms with van der Waals surface area (Å²) >= 11 is 0. The van der Waals surface area contributed by atoms with Crippen LogP contribution in [0.1, 0.15) is 25.0 Å². The fraction of sp³-hybridized carbons (Fsp3) is 0.357. The van der Waals surface area contributed by atoms with Gasteiger partial charge in [0.05, 0.1) is 19.6 Å². The zero-order valence-corrected chi connectivity index (χ0v) is 11.1. The number of esters is 2. The predicted molar refractivity (Wildman–Crippen MR) is 70.2 cm³/mol. The molecule has 0 unspecified atom stereocenters. The number of carbonyl (C=O) groups excluding carboxylic acids is 2. The maximum absolute atomic E-state index is 11.4. The van der Waals surface area contributed by atoms with Gasteiger partial charge in [-0.3, -0.25) is 9.78 Å². The number of hydrogen-bond acceptors (Lipinski definition) is 5. The number of ether oxygens (including phenoxy) is 2. The third-order valence-electron chi connectivity index (χ3n) is 2.27. The number of rotatable bonds is 6. The van der Waals surface area contributed by atoms with Crippen molar-refractivity contribution >= 4 is 18.0 Å². The molecular formula is C14H17NO4. The van der Waals surface area contributed by atoms with Crippen LogP contribution in [0, 0.1) is 0 Å². The normalized spacial score (nSPS) is 10.4. The predicted octanol–water partition coefficient (Wildman–Crippen LogP) is 1.76. The van der Waals surface area contributed by atoms with Gasteiger partial charge in [0.15, 0.2) is 0 Å². The summed E-state index contributed by atoms with van der Waals surface area (Å²) in [5.41, 5.74) is 1.46. The minimum Gasteiger partial charge on any atom is -0.466 e. The van der Waals surface area contributed by atoms with Crippen LogP contribution in [0.5, 0.6) is 0 Å². The molecule has 1 rings (SSSR count). The Morgan fingerprint density at radius 1 is 1.26 bits per heavy atom. The maximum Gasteiger partial charge on any atom is 0.330 e. The second kappa shape index (κ2) is 8.02. The molecule has 0 atom stereocenters. The molecule has 1 aromatic rings. The van der Waals surface area contributed by atoms with E-state index in [0.29, 0.717) is 18.8 Å². The Kier molecular flexibility index (Phi) is 6.29. The molecule has 0 bridgehead atoms. The van der Waals surface area contributed by atoms with Gasteiger partial charge in [0.25, 0.3) is 0 Å². The number of hydrogen-bond donors (Lipinski definition) is 0. The van der Waals surface area contributed by atoms with Gasteiger partial charge in [-0.15, -0.1) is 0 Å². The number of carbonyl (C=O) groups is 2. The number of aromatic nitrogens is 1. The van der Waals surface area contributed by atoms with E-state index in [0.717, 1.165) is 5.56 Å². The summed E-state index contributed by atoms with van der Waals surface area (Å²) in [5.74, 6) is -0.729. The highest BCUT2D eigenvalue weighted by molar-refractivity contribution is 5.87. The molecule has 0 spiro atoms. The van der Waals surface area contributed by atoms with Crippen molar-refractivity contribution in [1.29, 1.82) is 0 Å². The van der Waals surface area contributed by atoms with E-state index in [2.05, 4.69) is 4.98 Å². The standard InChI is InChI=1S/C14H17NO4/c1-3-18-13(16)6-5-12-10-15-8-7-11(12)9-14(17)19-4-2/h5-8,10H,3-4,9H2,1-2H3/b6-5+. The Labute approximate surface area is 112 Å². The van der Waals surface area contributed by atoms with E-state index in [4.69, 9.17) is 9.47 Å². The van der Waals surface area contributed by atoms with Crippen molar-refractivity contribution in [2.75, 3.05) is 13.2 Å². The monoisotopic (exact) mass is 263 g/mol. The summed E-state index contributed by atoms with van der Waals surface area (Å²) in [6, 6.07) is 1.72. The molecule has 0 radical (unpaired) electrons. The number of pyridine rings is 1. The molecule has 19 heavy (non-hydrogen) atoms. The Bertz CT molecular complexity index is 468. The number of nitrogens with zero attached hydrogens (tertiary/aromatic N) is 1. The first-order valence-corrected chi connectivity index (χ1v) is 6.10. The van der Waals surface area contributed by atoms with E-state index in [9.17, 15) is 9.59 Å². The zero-order valence-electron chi connectivity index (χ0n) is 11.1. The lowest BCUT2D eigenvalue weighted by Crippen LogP contribution is -2.08. The molecule has 0 aliphatic heterocycles. The van der Waals surface area contributed by atoms with Gasteiger partial charge in [-0.05, 0) is 37.1 Å². The smallest absolute Gasteiger partial charge is 0.330 e. The molecule has 1 aromatic heterocycles. The molecule has 0 aliphatic carbocycles. The lowest BCUT2D eigenvalue weighted by atomic mass is 10.1. The van der Waals surface area contributed by atoms with E-state index < -0.39 is 5.97 Å². The van der Waals surface area contributed by atoms with E-state index in [1.807, 2.05) is 0 Å². The lowest BCUT2D eigenvalue weighted by Gasteiger charge is -2.05. The van der Waals surface area contributed by atoms with Crippen LogP contribution in [0.4, 0.5) is 0 Å². The molecule has 1 heterocycles. The van der Waals surface area contributed by atoms with Gasteiger partial charge in [0.2, 0.25) is 0 Å². The first-order valence-electron chi connectivity index (χ1n) is 6.10. The highest BCUT2D eigenvalue weighted by Gasteiger charge is 2.07. The van der Waals surface area contributed by atoms with Crippen molar-refractivity contribution in [1.82, 2.24) is 4.98 Å². The third-order valence-corrected chi connectivity index (χ3v) is 2.27. The molecular weight excluding hydrogens is 246 g/mol. The molecule has 0 saturated carbocycles. The van der Waals surface area contributed by atoms with Crippen molar-refractivity contribution < 1.29 is 19.1 Å². The average molecular weight is 263 g/mol. The SMILES string of the molecule is CCOC(=O)/C=C/c1cnccc1CC(=O)OCC. The van der Waals surface area contributed by atoms with Crippen LogP contribution >= 0.6 is 0 Å². The van der Waals surface area contributed by atoms with Crippen LogP contribution in [0.25, 0.3) is 6.08 Å². The van der Waals surface area contributed by atoms with Crippen molar-refractivity contribution in [3.63, 3.8) is 0 Å². The summed E-state index contributed by atoms with van der Waals surface area (Å²) in [7, 11) is 0. The van der Waals surface area contributed by atoms with Gasteiger partial charge in [0, 0.05) is 18.5 Å². The van der Waals surface area contributed by atoms with E-state index in [1.165, 1.54) is 6.08 Å². The summed E-state index contributed by atoms with van der Waals surface area (Å²) in [6.07, 6.45) is 6.23. The Balaban J connectivity index is 2.78. The van der Waals surface area contributed by atoms with Crippen LogP contribution in [0.15, 0.2) is 24.5 Å². The van der Waals surface area contributed by atoms with E-state index in [1.54, 1.807) is 38.4 Å². The highest BCUT2D eigenvalue weighted by atomic mass is 16.5. The minimum atomic E-state index is -0.423. The molecule has 0 amide bonds. The van der Waals surface area contributed by atoms with E-state index >= 15 is 0 Å². The molecule has 5 heteroatoms. The van der Waals surface area contributed by atoms with Crippen molar-refractivity contribution in [3.8, 4) is 0 Å². The molecule has 5 nitrogen and oxygen atoms in total. The zero-order chi connectivity index (χ0) is 14.1. The van der Waals surface area contributed by atoms with Crippen LogP contribution in [0.3, 0.4) is 0 Å². The summed E-state index contributed by atoms with van der Waals surface area (Å²) < 4.78 is 9.68. The van der Waals surface area contributed by atoms with Gasteiger partial charge in [-0.2, -0.15) is 0 Å². The first kappa shape index (κ1) is 14.9. The molecule has 0 N–H and O–H groups in total. The third kappa shape index (κ3) is 5.33. The molecule has 0 fully saturated rings. The first-order chi connectivity index (χ1) is 9.17. The summed E-state index contributed by atoms with van der Waals surface area (Å²) in [6.45, 7) is 4.16. The maximum atomic E-state index is 11.4. The van der Waals surface area contributed by atoms with Gasteiger partial charge in [-0.25, -0.2) is 4.79 Å². The second-order valence-corrected chi connectivity index (χ2v) is 3.64. The quantitative estimate of drug-likeness (QED) is 0.578. The minimum absolute atomic E-state index is 0.152. The van der Waals surface area contributed by atoms with Crippen LogP contribution < -0.4 is 0 Å². The Morgan fingerprint density at radius 3 is 2.68 bits per heavy atom. The average Bonchev–Trinajstić information content (AvgIpc) is 2.38. The van der Waals surface area contributed by atoms with E-state index in [-0.39, 0.29) is 12.4 Å². The van der Waals surface area contributed by atoms with Gasteiger partial charge < -0.3 is 9.47 Å². The van der Waals surface area contributed by atoms with Gasteiger partial charge >= 0.3 is 11.9 Å². The van der Waals surface area contributed by atoms with Gasteiger partial charge in [-0.1, -0.05) is 0 Å². The summed E-state index contributed by atoms with van der Waals surface area (Å²) in [5, 5.41) is 0. The largest absolute Gasteiger partial charge is 0.466 e. The van der Waals surface area contributed by atoms with Crippen LogP contribution in [-0.4, -0.2) is 30.1 Å². The molecule has 0 aromatic carbocycles. The van der Waals surface area contributed by atoms with Crippen molar-refractivity contribution in [2.45, 2.75) is 20.3 Å². The fourth-order valence-electron chi connectivity index (χ4n) is 1.46. The molecule has 0 saturated heterocycles. The van der Waals surface area contributed by atoms with Crippen molar-refractivity contribution in [3.05, 3.63) is 35.7 Å². The second-order valence-electron chi connectivity index (χ2n) is 3.64. The lowest BCUT2D eigenvalue weighted by molar-refractivity contribution is -0.142. The highest BCUT2D eigenvalue weighted by Crippen LogP contribution is 2.11. The Hall–Kier alpha value is -2.17. The van der Waals surface area contributed by atoms with Crippen LogP contribution in [0.2, 0.25) is 0 Å². The van der Waals surface area contributed by atoms with Crippen molar-refractivity contribution in [2.24, 2.45) is 0 Å². The summed E-state index contributed by atoms with van der Waals surface area (Å²) in [4.78, 5) is 26.6. The van der Waals surface area contributed by atoms with Gasteiger partial charge in [0.1, 0.15) is 0 Å². The Morgan fingerprint density at radius 2 is 2.00 bits per heavy atom. The topological polar surface area (TPSA) is 65.5 Å². The van der Waals surface area contributed by atoms with Crippen LogP contribution in [-0.2, 0) is 25.5 Å².